The van der Waals surface area contributed by atoms with Crippen LogP contribution in [0.25, 0.3) is 10.8 Å². The molecule has 0 saturated carbocycles. The number of ether oxygens (including phenoxy) is 2. The van der Waals surface area contributed by atoms with Crippen molar-refractivity contribution in [3.63, 3.8) is 0 Å². The molecule has 4 rings (SSSR count). The van der Waals surface area contributed by atoms with Gasteiger partial charge in [0.05, 0.1) is 23.2 Å². The number of aliphatic carboxylic acids is 1. The van der Waals surface area contributed by atoms with E-state index in [9.17, 15) is 27.6 Å². The molecule has 0 spiro atoms. The molecule has 3 aromatic rings. The molecule has 1 aliphatic rings. The first kappa shape index (κ1) is 22.1. The Kier molecular flexibility index (Phi) is 5.67. The topological polar surface area (TPSA) is 93.1 Å². The predicted molar refractivity (Wildman–Crippen MR) is 111 cm³/mol. The molecular weight excluding hydrogens is 443 g/mol. The molecule has 0 aliphatic carbocycles. The number of halogens is 3. The zero-order chi connectivity index (χ0) is 23.9. The van der Waals surface area contributed by atoms with E-state index in [1.807, 2.05) is 0 Å². The van der Waals surface area contributed by atoms with Gasteiger partial charge in [-0.2, -0.15) is 8.78 Å². The van der Waals surface area contributed by atoms with Crippen molar-refractivity contribution in [2.75, 3.05) is 4.90 Å². The van der Waals surface area contributed by atoms with Gasteiger partial charge >= 0.3 is 12.6 Å². The number of carbonyl (C=O) groups excluding carboxylic acids is 2. The summed E-state index contributed by atoms with van der Waals surface area (Å²) in [5, 5.41) is 9.08. The number of carboxylic acids is 1. The van der Waals surface area contributed by atoms with Gasteiger partial charge < -0.3 is 14.6 Å². The molecule has 1 heterocycles. The number of carboxylic acid groups (broad SMARTS) is 1. The number of carbonyl (C=O) groups is 3. The lowest BCUT2D eigenvalue weighted by molar-refractivity contribution is -0.136. The number of rotatable bonds is 7. The first-order valence-corrected chi connectivity index (χ1v) is 9.72. The Balaban J connectivity index is 1.93. The second kappa shape index (κ2) is 8.45. The maximum atomic E-state index is 13.9. The quantitative estimate of drug-likeness (QED) is 0.521. The van der Waals surface area contributed by atoms with Gasteiger partial charge in [0.25, 0.3) is 11.8 Å². The molecule has 0 radical (unpaired) electrons. The van der Waals surface area contributed by atoms with E-state index >= 15 is 0 Å². The third-order valence-corrected chi connectivity index (χ3v) is 4.99. The minimum Gasteiger partial charge on any atom is -0.481 e. The van der Waals surface area contributed by atoms with Crippen LogP contribution in [0.2, 0.25) is 0 Å². The SMILES string of the molecule is CC(F)Oc1c2c(c(OC(F)F)c3ccccc13)C(=O)N(c1ccc(CC(=O)O)cc1)C2=O. The summed E-state index contributed by atoms with van der Waals surface area (Å²) in [6, 6.07) is 11.4. The van der Waals surface area contributed by atoms with Crippen LogP contribution >= 0.6 is 0 Å². The van der Waals surface area contributed by atoms with Crippen LogP contribution in [-0.4, -0.2) is 35.9 Å². The molecule has 3 aromatic carbocycles. The number of imide groups is 1. The normalized spacial score (nSPS) is 14.0. The van der Waals surface area contributed by atoms with Crippen LogP contribution < -0.4 is 14.4 Å². The number of amides is 2. The van der Waals surface area contributed by atoms with Crippen molar-refractivity contribution in [2.24, 2.45) is 0 Å². The minimum absolute atomic E-state index is 0.0482. The molecule has 0 aromatic heterocycles. The van der Waals surface area contributed by atoms with Crippen molar-refractivity contribution < 1.29 is 42.1 Å². The number of nitrogens with zero attached hydrogens (tertiary/aromatic N) is 1. The molecule has 1 aliphatic heterocycles. The number of benzene rings is 3. The highest BCUT2D eigenvalue weighted by Gasteiger charge is 2.44. The van der Waals surface area contributed by atoms with Gasteiger partial charge in [-0.05, 0) is 17.7 Å². The largest absolute Gasteiger partial charge is 0.481 e. The zero-order valence-corrected chi connectivity index (χ0v) is 17.1. The summed E-state index contributed by atoms with van der Waals surface area (Å²) in [6.45, 7) is -2.22. The van der Waals surface area contributed by atoms with Crippen LogP contribution in [0.1, 0.15) is 33.2 Å². The summed E-state index contributed by atoms with van der Waals surface area (Å²) in [7, 11) is 0. The molecule has 1 atom stereocenters. The molecule has 0 saturated heterocycles. The Morgan fingerprint density at radius 1 is 0.909 bits per heavy atom. The maximum absolute atomic E-state index is 13.9. The summed E-state index contributed by atoms with van der Waals surface area (Å²) < 4.78 is 50.2. The van der Waals surface area contributed by atoms with E-state index in [-0.39, 0.29) is 28.6 Å². The summed E-state index contributed by atoms with van der Waals surface area (Å²) >= 11 is 0. The Labute approximate surface area is 184 Å². The summed E-state index contributed by atoms with van der Waals surface area (Å²) in [4.78, 5) is 38.2. The van der Waals surface area contributed by atoms with E-state index in [0.717, 1.165) is 11.8 Å². The van der Waals surface area contributed by atoms with E-state index in [2.05, 4.69) is 4.74 Å². The van der Waals surface area contributed by atoms with Crippen LogP contribution in [0.5, 0.6) is 11.5 Å². The van der Waals surface area contributed by atoms with Crippen LogP contribution in [0.3, 0.4) is 0 Å². The van der Waals surface area contributed by atoms with E-state index in [0.29, 0.717) is 5.56 Å². The Morgan fingerprint density at radius 2 is 1.42 bits per heavy atom. The fraction of sp³-hybridized carbons (Fsp3) is 0.174. The number of hydrogen-bond donors (Lipinski definition) is 1. The highest BCUT2D eigenvalue weighted by atomic mass is 19.3. The van der Waals surface area contributed by atoms with E-state index < -0.39 is 47.6 Å². The molecule has 0 bridgehead atoms. The van der Waals surface area contributed by atoms with Crippen LogP contribution in [0.15, 0.2) is 48.5 Å². The Morgan fingerprint density at radius 3 is 1.88 bits per heavy atom. The Bertz CT molecular complexity index is 1200. The molecule has 2 amide bonds. The first-order valence-electron chi connectivity index (χ1n) is 9.72. The van der Waals surface area contributed by atoms with Crippen molar-refractivity contribution in [2.45, 2.75) is 26.3 Å². The molecule has 10 heteroatoms. The van der Waals surface area contributed by atoms with Gasteiger partial charge in [0, 0.05) is 17.7 Å². The Hall–Kier alpha value is -4.08. The van der Waals surface area contributed by atoms with Gasteiger partial charge in [0.1, 0.15) is 11.5 Å². The lowest BCUT2D eigenvalue weighted by Crippen LogP contribution is -2.29. The molecule has 0 fully saturated rings. The van der Waals surface area contributed by atoms with Gasteiger partial charge in [-0.1, -0.05) is 36.4 Å². The van der Waals surface area contributed by atoms with E-state index in [1.165, 1.54) is 48.5 Å². The fourth-order valence-corrected chi connectivity index (χ4v) is 3.77. The monoisotopic (exact) mass is 459 g/mol. The zero-order valence-electron chi connectivity index (χ0n) is 17.1. The first-order chi connectivity index (χ1) is 15.7. The van der Waals surface area contributed by atoms with Crippen LogP contribution in [0, 0.1) is 0 Å². The lowest BCUT2D eigenvalue weighted by atomic mass is 9.99. The highest BCUT2D eigenvalue weighted by molar-refractivity contribution is 6.38. The summed E-state index contributed by atoms with van der Waals surface area (Å²) in [6.07, 6.45) is -2.14. The number of anilines is 1. The smallest absolute Gasteiger partial charge is 0.387 e. The molecule has 7 nitrogen and oxygen atoms in total. The third kappa shape index (κ3) is 3.95. The van der Waals surface area contributed by atoms with Gasteiger partial charge in [-0.25, -0.2) is 9.29 Å². The summed E-state index contributed by atoms with van der Waals surface area (Å²) in [5.41, 5.74) is -0.370. The van der Waals surface area contributed by atoms with Crippen molar-refractivity contribution in [1.29, 1.82) is 0 Å². The second-order valence-corrected chi connectivity index (χ2v) is 7.18. The van der Waals surface area contributed by atoms with Gasteiger partial charge in [-0.15, -0.1) is 0 Å². The summed E-state index contributed by atoms with van der Waals surface area (Å²) in [5.74, 6) is -3.72. The third-order valence-electron chi connectivity index (χ3n) is 4.99. The molecule has 1 unspecified atom stereocenters. The number of fused-ring (bicyclic) bond motifs is 2. The number of hydrogen-bond acceptors (Lipinski definition) is 5. The number of alkyl halides is 3. The van der Waals surface area contributed by atoms with Gasteiger partial charge in [0.2, 0.25) is 6.36 Å². The lowest BCUT2D eigenvalue weighted by Gasteiger charge is -2.17. The highest BCUT2D eigenvalue weighted by Crippen LogP contribution is 2.46. The molecule has 33 heavy (non-hydrogen) atoms. The van der Waals surface area contributed by atoms with Gasteiger partial charge in [-0.3, -0.25) is 14.4 Å². The maximum Gasteiger partial charge on any atom is 0.387 e. The molecular formula is C23H16F3NO6. The predicted octanol–water partition coefficient (Wildman–Crippen LogP) is 4.56. The average Bonchev–Trinajstić information content (AvgIpc) is 3.00. The van der Waals surface area contributed by atoms with Crippen LogP contribution in [-0.2, 0) is 11.2 Å². The fourth-order valence-electron chi connectivity index (χ4n) is 3.77. The van der Waals surface area contributed by atoms with Crippen molar-refractivity contribution in [3.8, 4) is 11.5 Å². The van der Waals surface area contributed by atoms with Gasteiger partial charge in [0.15, 0.2) is 0 Å². The van der Waals surface area contributed by atoms with E-state index in [4.69, 9.17) is 9.84 Å². The van der Waals surface area contributed by atoms with E-state index in [1.54, 1.807) is 0 Å². The van der Waals surface area contributed by atoms with Crippen LogP contribution in [0.4, 0.5) is 18.9 Å². The van der Waals surface area contributed by atoms with Crippen molar-refractivity contribution in [3.05, 3.63) is 65.2 Å². The average molecular weight is 459 g/mol. The standard InChI is InChI=1S/C23H16F3NO6/c1-11(24)32-19-14-4-2-3-5-15(14)20(33-23(25)26)18-17(19)21(30)27(22(18)31)13-8-6-12(7-9-13)10-16(28)29/h2-9,11,23H,10H2,1H3,(H,28,29). The molecule has 1 N–H and O–H groups in total. The second-order valence-electron chi connectivity index (χ2n) is 7.18. The van der Waals surface area contributed by atoms with Crippen molar-refractivity contribution >= 4 is 34.2 Å². The van der Waals surface area contributed by atoms with Crippen molar-refractivity contribution in [1.82, 2.24) is 0 Å². The minimum atomic E-state index is -3.29. The molecule has 170 valence electrons.